The molecule has 19 heavy (non-hydrogen) atoms. The van der Waals surface area contributed by atoms with Crippen molar-refractivity contribution in [2.45, 2.75) is 17.0 Å². The first kappa shape index (κ1) is 13.7. The van der Waals surface area contributed by atoms with Crippen LogP contribution in [0.1, 0.15) is 5.69 Å². The zero-order chi connectivity index (χ0) is 13.7. The number of alkyl halides is 3. The summed E-state index contributed by atoms with van der Waals surface area (Å²) in [6, 6.07) is 11.4. The standard InChI is InChI=1S/C13H10F3NOS/c14-13(15,16)18-11-4-6-12(7-5-11)19-9-10-3-1-2-8-17-10/h1-8H,9H2. The Labute approximate surface area is 112 Å². The van der Waals surface area contributed by atoms with Gasteiger partial charge >= 0.3 is 6.36 Å². The average molecular weight is 285 g/mol. The van der Waals surface area contributed by atoms with E-state index in [1.54, 1.807) is 18.3 Å². The molecule has 0 spiro atoms. The van der Waals surface area contributed by atoms with Crippen molar-refractivity contribution in [3.8, 4) is 5.75 Å². The van der Waals surface area contributed by atoms with Crippen molar-refractivity contribution in [2.24, 2.45) is 0 Å². The van der Waals surface area contributed by atoms with Gasteiger partial charge in [-0.1, -0.05) is 6.07 Å². The van der Waals surface area contributed by atoms with Gasteiger partial charge in [0.1, 0.15) is 5.75 Å². The van der Waals surface area contributed by atoms with Crippen molar-refractivity contribution in [1.29, 1.82) is 0 Å². The molecule has 0 aliphatic carbocycles. The van der Waals surface area contributed by atoms with Crippen LogP contribution in [-0.2, 0) is 5.75 Å². The minimum Gasteiger partial charge on any atom is -0.406 e. The van der Waals surface area contributed by atoms with Gasteiger partial charge in [-0.15, -0.1) is 24.9 Å². The number of hydrogen-bond donors (Lipinski definition) is 0. The van der Waals surface area contributed by atoms with Crippen LogP contribution in [0, 0.1) is 0 Å². The number of ether oxygens (including phenoxy) is 1. The van der Waals surface area contributed by atoms with E-state index in [0.29, 0.717) is 5.75 Å². The SMILES string of the molecule is FC(F)(F)Oc1ccc(SCc2ccccn2)cc1. The average Bonchev–Trinajstić information content (AvgIpc) is 2.37. The molecule has 1 aromatic heterocycles. The van der Waals surface area contributed by atoms with E-state index in [2.05, 4.69) is 9.72 Å². The number of halogens is 3. The van der Waals surface area contributed by atoms with E-state index in [1.165, 1.54) is 23.9 Å². The van der Waals surface area contributed by atoms with Crippen molar-refractivity contribution in [2.75, 3.05) is 0 Å². The highest BCUT2D eigenvalue weighted by atomic mass is 32.2. The summed E-state index contributed by atoms with van der Waals surface area (Å²) >= 11 is 1.50. The summed E-state index contributed by atoms with van der Waals surface area (Å²) in [4.78, 5) is 5.03. The van der Waals surface area contributed by atoms with E-state index in [4.69, 9.17) is 0 Å². The van der Waals surface area contributed by atoms with Crippen LogP contribution < -0.4 is 4.74 Å². The van der Waals surface area contributed by atoms with Crippen LogP contribution >= 0.6 is 11.8 Å². The maximum absolute atomic E-state index is 12.0. The monoisotopic (exact) mass is 285 g/mol. The van der Waals surface area contributed by atoms with E-state index in [-0.39, 0.29) is 5.75 Å². The second-order valence-electron chi connectivity index (χ2n) is 3.63. The second-order valence-corrected chi connectivity index (χ2v) is 4.68. The van der Waals surface area contributed by atoms with Crippen LogP contribution in [0.4, 0.5) is 13.2 Å². The molecule has 2 rings (SSSR count). The van der Waals surface area contributed by atoms with Gasteiger partial charge in [0.15, 0.2) is 0 Å². The fourth-order valence-electron chi connectivity index (χ4n) is 1.38. The number of benzene rings is 1. The Morgan fingerprint density at radius 3 is 2.37 bits per heavy atom. The Balaban J connectivity index is 1.92. The molecule has 0 unspecified atom stereocenters. The van der Waals surface area contributed by atoms with Crippen molar-refractivity contribution in [1.82, 2.24) is 4.98 Å². The molecule has 0 aliphatic rings. The summed E-state index contributed by atoms with van der Waals surface area (Å²) in [6.07, 6.45) is -2.95. The fourth-order valence-corrected chi connectivity index (χ4v) is 2.19. The first-order chi connectivity index (χ1) is 9.03. The van der Waals surface area contributed by atoms with Gasteiger partial charge < -0.3 is 4.74 Å². The minimum absolute atomic E-state index is 0.213. The molecule has 2 aromatic rings. The highest BCUT2D eigenvalue weighted by molar-refractivity contribution is 7.98. The smallest absolute Gasteiger partial charge is 0.406 e. The molecule has 0 saturated heterocycles. The highest BCUT2D eigenvalue weighted by Crippen LogP contribution is 2.27. The molecule has 0 saturated carbocycles. The van der Waals surface area contributed by atoms with E-state index in [0.717, 1.165) is 10.6 Å². The largest absolute Gasteiger partial charge is 0.573 e. The number of aromatic nitrogens is 1. The Bertz CT molecular complexity index is 514. The Hall–Kier alpha value is -1.69. The van der Waals surface area contributed by atoms with Crippen LogP contribution in [-0.4, -0.2) is 11.3 Å². The summed E-state index contributed by atoms with van der Waals surface area (Å²) in [5.41, 5.74) is 0.920. The maximum Gasteiger partial charge on any atom is 0.573 e. The number of rotatable bonds is 4. The summed E-state index contributed by atoms with van der Waals surface area (Å²) in [7, 11) is 0. The molecule has 1 heterocycles. The summed E-state index contributed by atoms with van der Waals surface area (Å²) in [6.45, 7) is 0. The topological polar surface area (TPSA) is 22.1 Å². The van der Waals surface area contributed by atoms with Crippen molar-refractivity contribution in [3.63, 3.8) is 0 Å². The first-order valence-corrected chi connectivity index (χ1v) is 6.40. The lowest BCUT2D eigenvalue weighted by atomic mass is 10.3. The predicted octanol–water partition coefficient (Wildman–Crippen LogP) is 4.27. The van der Waals surface area contributed by atoms with Gasteiger partial charge in [0.05, 0.1) is 5.69 Å². The molecule has 0 amide bonds. The van der Waals surface area contributed by atoms with Crippen LogP contribution in [0.15, 0.2) is 53.6 Å². The van der Waals surface area contributed by atoms with Crippen molar-refractivity contribution < 1.29 is 17.9 Å². The van der Waals surface area contributed by atoms with Gasteiger partial charge in [-0.2, -0.15) is 0 Å². The van der Waals surface area contributed by atoms with Gasteiger partial charge in [0.25, 0.3) is 0 Å². The van der Waals surface area contributed by atoms with E-state index in [1.807, 2.05) is 18.2 Å². The lowest BCUT2D eigenvalue weighted by Gasteiger charge is -2.09. The molecule has 0 radical (unpaired) electrons. The summed E-state index contributed by atoms with van der Waals surface area (Å²) in [5.74, 6) is 0.454. The van der Waals surface area contributed by atoms with Crippen LogP contribution in [0.25, 0.3) is 0 Å². The third kappa shape index (κ3) is 4.82. The number of hydrogen-bond acceptors (Lipinski definition) is 3. The van der Waals surface area contributed by atoms with Gasteiger partial charge in [0.2, 0.25) is 0 Å². The molecular formula is C13H10F3NOS. The zero-order valence-corrected chi connectivity index (χ0v) is 10.5. The molecule has 6 heteroatoms. The molecule has 0 fully saturated rings. The van der Waals surface area contributed by atoms with E-state index >= 15 is 0 Å². The molecule has 2 nitrogen and oxygen atoms in total. The normalized spacial score (nSPS) is 11.3. The molecule has 0 N–H and O–H groups in total. The quantitative estimate of drug-likeness (QED) is 0.783. The Kier molecular flexibility index (Phi) is 4.31. The molecule has 100 valence electrons. The van der Waals surface area contributed by atoms with Gasteiger partial charge in [-0.05, 0) is 36.4 Å². The Morgan fingerprint density at radius 2 is 1.79 bits per heavy atom. The number of thioether (sulfide) groups is 1. The van der Waals surface area contributed by atoms with Gasteiger partial charge in [0, 0.05) is 16.8 Å². The molecule has 0 aliphatic heterocycles. The molecule has 0 bridgehead atoms. The highest BCUT2D eigenvalue weighted by Gasteiger charge is 2.30. The van der Waals surface area contributed by atoms with E-state index in [9.17, 15) is 13.2 Å². The van der Waals surface area contributed by atoms with Crippen molar-refractivity contribution >= 4 is 11.8 Å². The second kappa shape index (κ2) is 5.97. The molecular weight excluding hydrogens is 275 g/mol. The summed E-state index contributed by atoms with van der Waals surface area (Å²) in [5, 5.41) is 0. The predicted molar refractivity (Wildman–Crippen MR) is 66.9 cm³/mol. The van der Waals surface area contributed by atoms with Crippen molar-refractivity contribution in [3.05, 3.63) is 54.4 Å². The third-order valence-electron chi connectivity index (χ3n) is 2.17. The molecule has 1 aromatic carbocycles. The lowest BCUT2D eigenvalue weighted by molar-refractivity contribution is -0.274. The van der Waals surface area contributed by atoms with Crippen LogP contribution in [0.2, 0.25) is 0 Å². The molecule has 0 atom stereocenters. The first-order valence-electron chi connectivity index (χ1n) is 5.41. The van der Waals surface area contributed by atoms with Gasteiger partial charge in [-0.3, -0.25) is 4.98 Å². The number of nitrogens with zero attached hydrogens (tertiary/aromatic N) is 1. The summed E-state index contributed by atoms with van der Waals surface area (Å²) < 4.78 is 39.7. The van der Waals surface area contributed by atoms with E-state index < -0.39 is 6.36 Å². The zero-order valence-electron chi connectivity index (χ0n) is 9.72. The number of pyridine rings is 1. The lowest BCUT2D eigenvalue weighted by Crippen LogP contribution is -2.16. The third-order valence-corrected chi connectivity index (χ3v) is 3.22. The van der Waals surface area contributed by atoms with Crippen LogP contribution in [0.3, 0.4) is 0 Å². The maximum atomic E-state index is 12.0. The fraction of sp³-hybridized carbons (Fsp3) is 0.154. The minimum atomic E-state index is -4.65. The Morgan fingerprint density at radius 1 is 1.05 bits per heavy atom. The van der Waals surface area contributed by atoms with Gasteiger partial charge in [-0.25, -0.2) is 0 Å². The van der Waals surface area contributed by atoms with Crippen LogP contribution in [0.5, 0.6) is 5.75 Å².